The topological polar surface area (TPSA) is 85.1 Å². The molecule has 2 aromatic rings. The van der Waals surface area contributed by atoms with E-state index in [0.717, 1.165) is 5.56 Å². The Balaban J connectivity index is 1.82. The van der Waals surface area contributed by atoms with Crippen molar-refractivity contribution in [2.45, 2.75) is 5.75 Å². The molecular weight excluding hydrogens is 290 g/mol. The van der Waals surface area contributed by atoms with E-state index in [0.29, 0.717) is 11.4 Å². The molecule has 0 fully saturated rings. The van der Waals surface area contributed by atoms with Crippen LogP contribution < -0.4 is 5.32 Å². The summed E-state index contributed by atoms with van der Waals surface area (Å²) in [5.41, 5.74) is 1.48. The summed E-state index contributed by atoms with van der Waals surface area (Å²) in [5, 5.41) is 13.3. The van der Waals surface area contributed by atoms with Gasteiger partial charge >= 0.3 is 0 Å². The molecule has 0 unspecified atom stereocenters. The maximum atomic E-state index is 11.8. The number of nitrogens with zero attached hydrogens (tertiary/aromatic N) is 2. The Hall–Kier alpha value is -2.41. The van der Waals surface area contributed by atoms with Crippen molar-refractivity contribution in [2.75, 3.05) is 11.1 Å². The SMILES string of the molecule is O=C(CSCc1ccncc1)Nc1cccc([N+](=O)[O-])c1. The number of rotatable bonds is 6. The van der Waals surface area contributed by atoms with Gasteiger partial charge in [0.2, 0.25) is 5.91 Å². The molecule has 1 N–H and O–H groups in total. The van der Waals surface area contributed by atoms with Gasteiger partial charge in [0.15, 0.2) is 0 Å². The standard InChI is InChI=1S/C14H13N3O3S/c18-14(10-21-9-11-4-6-15-7-5-11)16-12-2-1-3-13(8-12)17(19)20/h1-8H,9-10H2,(H,16,18). The summed E-state index contributed by atoms with van der Waals surface area (Å²) in [7, 11) is 0. The Morgan fingerprint density at radius 3 is 2.76 bits per heavy atom. The van der Waals surface area contributed by atoms with Crippen LogP contribution in [0.1, 0.15) is 5.56 Å². The molecule has 7 heteroatoms. The number of non-ortho nitro benzene ring substituents is 1. The summed E-state index contributed by atoms with van der Waals surface area (Å²) in [6, 6.07) is 9.67. The van der Waals surface area contributed by atoms with Crippen molar-refractivity contribution in [3.63, 3.8) is 0 Å². The van der Waals surface area contributed by atoms with E-state index in [1.165, 1.54) is 30.0 Å². The number of carbonyl (C=O) groups excluding carboxylic acids is 1. The second-order valence-electron chi connectivity index (χ2n) is 4.20. The highest BCUT2D eigenvalue weighted by Gasteiger charge is 2.08. The molecular formula is C14H13N3O3S. The van der Waals surface area contributed by atoms with Gasteiger partial charge in [0, 0.05) is 36.0 Å². The monoisotopic (exact) mass is 303 g/mol. The highest BCUT2D eigenvalue weighted by atomic mass is 32.2. The van der Waals surface area contributed by atoms with Crippen molar-refractivity contribution in [1.82, 2.24) is 4.98 Å². The van der Waals surface area contributed by atoms with Crippen LogP contribution in [0.3, 0.4) is 0 Å². The lowest BCUT2D eigenvalue weighted by molar-refractivity contribution is -0.384. The minimum absolute atomic E-state index is 0.0442. The van der Waals surface area contributed by atoms with E-state index < -0.39 is 4.92 Å². The number of hydrogen-bond donors (Lipinski definition) is 1. The molecule has 2 rings (SSSR count). The second kappa shape index (κ2) is 7.39. The Morgan fingerprint density at radius 2 is 2.05 bits per heavy atom. The highest BCUT2D eigenvalue weighted by molar-refractivity contribution is 7.99. The predicted octanol–water partition coefficient (Wildman–Crippen LogP) is 2.86. The lowest BCUT2D eigenvalue weighted by Crippen LogP contribution is -2.14. The van der Waals surface area contributed by atoms with Gasteiger partial charge in [-0.15, -0.1) is 11.8 Å². The molecule has 0 aliphatic carbocycles. The first-order valence-electron chi connectivity index (χ1n) is 6.16. The fraction of sp³-hybridized carbons (Fsp3) is 0.143. The van der Waals surface area contributed by atoms with Crippen molar-refractivity contribution in [3.8, 4) is 0 Å². The van der Waals surface area contributed by atoms with Gasteiger partial charge in [-0.25, -0.2) is 0 Å². The summed E-state index contributed by atoms with van der Waals surface area (Å²) < 4.78 is 0. The molecule has 108 valence electrons. The molecule has 0 saturated carbocycles. The molecule has 0 saturated heterocycles. The zero-order valence-electron chi connectivity index (χ0n) is 11.1. The predicted molar refractivity (Wildman–Crippen MR) is 82.1 cm³/mol. The van der Waals surface area contributed by atoms with E-state index in [9.17, 15) is 14.9 Å². The molecule has 1 aromatic carbocycles. The highest BCUT2D eigenvalue weighted by Crippen LogP contribution is 2.18. The zero-order valence-corrected chi connectivity index (χ0v) is 11.9. The Kier molecular flexibility index (Phi) is 5.28. The van der Waals surface area contributed by atoms with Crippen molar-refractivity contribution < 1.29 is 9.72 Å². The third-order valence-corrected chi connectivity index (χ3v) is 3.60. The van der Waals surface area contributed by atoms with Crippen molar-refractivity contribution in [3.05, 3.63) is 64.5 Å². The number of nitro benzene ring substituents is 1. The first-order valence-corrected chi connectivity index (χ1v) is 7.31. The summed E-state index contributed by atoms with van der Waals surface area (Å²) in [6.45, 7) is 0. The van der Waals surface area contributed by atoms with E-state index in [2.05, 4.69) is 10.3 Å². The first-order chi connectivity index (χ1) is 10.1. The number of anilines is 1. The van der Waals surface area contributed by atoms with Crippen molar-refractivity contribution >= 4 is 29.0 Å². The third-order valence-electron chi connectivity index (χ3n) is 2.59. The number of hydrogen-bond acceptors (Lipinski definition) is 5. The fourth-order valence-electron chi connectivity index (χ4n) is 1.63. The van der Waals surface area contributed by atoms with Gasteiger partial charge in [0.05, 0.1) is 10.7 Å². The number of benzene rings is 1. The lowest BCUT2D eigenvalue weighted by atomic mass is 10.3. The third kappa shape index (κ3) is 4.88. The normalized spacial score (nSPS) is 10.1. The maximum Gasteiger partial charge on any atom is 0.271 e. The Morgan fingerprint density at radius 1 is 1.29 bits per heavy atom. The van der Waals surface area contributed by atoms with Crippen LogP contribution in [0.2, 0.25) is 0 Å². The van der Waals surface area contributed by atoms with E-state index in [-0.39, 0.29) is 17.3 Å². The number of pyridine rings is 1. The van der Waals surface area contributed by atoms with Gasteiger partial charge < -0.3 is 5.32 Å². The molecule has 0 radical (unpaired) electrons. The van der Waals surface area contributed by atoms with Crippen molar-refractivity contribution in [1.29, 1.82) is 0 Å². The summed E-state index contributed by atoms with van der Waals surface area (Å²) in [5.74, 6) is 0.810. The van der Waals surface area contributed by atoms with E-state index in [4.69, 9.17) is 0 Å². The number of nitro groups is 1. The molecule has 0 atom stereocenters. The molecule has 0 bridgehead atoms. The second-order valence-corrected chi connectivity index (χ2v) is 5.19. The average molecular weight is 303 g/mol. The lowest BCUT2D eigenvalue weighted by Gasteiger charge is -2.05. The van der Waals surface area contributed by atoms with Crippen LogP contribution in [0.15, 0.2) is 48.8 Å². The summed E-state index contributed by atoms with van der Waals surface area (Å²) >= 11 is 1.47. The molecule has 1 heterocycles. The Labute approximate surface area is 125 Å². The number of carbonyl (C=O) groups is 1. The molecule has 0 aliphatic heterocycles. The van der Waals surface area contributed by atoms with Crippen LogP contribution in [-0.2, 0) is 10.5 Å². The molecule has 0 spiro atoms. The van der Waals surface area contributed by atoms with Crippen molar-refractivity contribution in [2.24, 2.45) is 0 Å². The number of amides is 1. The van der Waals surface area contributed by atoms with Crippen LogP contribution >= 0.6 is 11.8 Å². The number of aromatic nitrogens is 1. The van der Waals surface area contributed by atoms with Crippen LogP contribution in [0, 0.1) is 10.1 Å². The van der Waals surface area contributed by atoms with E-state index in [1.807, 2.05) is 12.1 Å². The van der Waals surface area contributed by atoms with Gasteiger partial charge in [-0.1, -0.05) is 6.07 Å². The minimum atomic E-state index is -0.492. The van der Waals surface area contributed by atoms with Crippen LogP contribution in [0.25, 0.3) is 0 Å². The minimum Gasteiger partial charge on any atom is -0.325 e. The quantitative estimate of drug-likeness (QED) is 0.655. The largest absolute Gasteiger partial charge is 0.325 e. The van der Waals surface area contributed by atoms with Crippen LogP contribution in [0.4, 0.5) is 11.4 Å². The fourth-order valence-corrected chi connectivity index (χ4v) is 2.42. The van der Waals surface area contributed by atoms with Crippen LogP contribution in [-0.4, -0.2) is 21.6 Å². The van der Waals surface area contributed by atoms with Gasteiger partial charge in [-0.2, -0.15) is 0 Å². The maximum absolute atomic E-state index is 11.8. The molecule has 6 nitrogen and oxygen atoms in total. The number of thioether (sulfide) groups is 1. The summed E-state index contributed by atoms with van der Waals surface area (Å²) in [6.07, 6.45) is 3.41. The molecule has 1 amide bonds. The summed E-state index contributed by atoms with van der Waals surface area (Å²) in [4.78, 5) is 25.9. The van der Waals surface area contributed by atoms with E-state index in [1.54, 1.807) is 18.5 Å². The zero-order chi connectivity index (χ0) is 15.1. The van der Waals surface area contributed by atoms with E-state index >= 15 is 0 Å². The van der Waals surface area contributed by atoms with Crippen LogP contribution in [0.5, 0.6) is 0 Å². The van der Waals surface area contributed by atoms with Gasteiger partial charge in [0.25, 0.3) is 5.69 Å². The number of nitrogens with one attached hydrogen (secondary N) is 1. The molecule has 21 heavy (non-hydrogen) atoms. The first kappa shape index (κ1) is 15.0. The average Bonchev–Trinajstić information content (AvgIpc) is 2.48. The molecule has 0 aliphatic rings. The van der Waals surface area contributed by atoms with Gasteiger partial charge in [0.1, 0.15) is 0 Å². The van der Waals surface area contributed by atoms with Gasteiger partial charge in [-0.05, 0) is 23.8 Å². The Bertz CT molecular complexity index is 634. The van der Waals surface area contributed by atoms with Gasteiger partial charge in [-0.3, -0.25) is 19.9 Å². The smallest absolute Gasteiger partial charge is 0.271 e. The molecule has 1 aromatic heterocycles.